The van der Waals surface area contributed by atoms with E-state index in [0.717, 1.165) is 22.4 Å². The van der Waals surface area contributed by atoms with Crippen molar-refractivity contribution in [2.45, 2.75) is 20.0 Å². The first-order chi connectivity index (χ1) is 14.7. The lowest BCUT2D eigenvalue weighted by Gasteiger charge is -2.20. The van der Waals surface area contributed by atoms with Crippen molar-refractivity contribution in [3.63, 3.8) is 0 Å². The second kappa shape index (κ2) is 9.22. The first kappa shape index (κ1) is 22.4. The molecule has 1 heterocycles. The summed E-state index contributed by atoms with van der Waals surface area (Å²) in [5.74, 6) is 0.0409. The molecule has 31 heavy (non-hydrogen) atoms. The van der Waals surface area contributed by atoms with Gasteiger partial charge < -0.3 is 24.5 Å². The number of amides is 2. The third-order valence-electron chi connectivity index (χ3n) is 5.41. The van der Waals surface area contributed by atoms with Crippen molar-refractivity contribution in [1.29, 1.82) is 0 Å². The molecule has 3 rings (SSSR count). The van der Waals surface area contributed by atoms with Gasteiger partial charge in [-0.1, -0.05) is 18.2 Å². The van der Waals surface area contributed by atoms with Gasteiger partial charge in [0.05, 0.1) is 12.7 Å². The van der Waals surface area contributed by atoms with Crippen LogP contribution in [-0.2, 0) is 17.9 Å². The predicted octanol–water partition coefficient (Wildman–Crippen LogP) is 2.95. The van der Waals surface area contributed by atoms with E-state index in [0.29, 0.717) is 25.4 Å². The van der Waals surface area contributed by atoms with Crippen molar-refractivity contribution < 1.29 is 19.4 Å². The minimum absolute atomic E-state index is 0.109. The molecular weight excluding hydrogens is 394 g/mol. The number of phenols is 1. The maximum Gasteiger partial charge on any atom is 0.258 e. The summed E-state index contributed by atoms with van der Waals surface area (Å²) in [6.45, 7) is 3.30. The van der Waals surface area contributed by atoms with Gasteiger partial charge in [-0.2, -0.15) is 0 Å². The molecule has 0 saturated carbocycles. The maximum atomic E-state index is 13.1. The molecule has 7 heteroatoms. The number of carbonyl (C=O) groups is 2. The second-order valence-corrected chi connectivity index (χ2v) is 7.98. The minimum atomic E-state index is -0.259. The van der Waals surface area contributed by atoms with Crippen molar-refractivity contribution in [3.05, 3.63) is 64.7 Å². The van der Waals surface area contributed by atoms with Crippen LogP contribution in [-0.4, -0.2) is 61.5 Å². The van der Waals surface area contributed by atoms with E-state index in [1.165, 1.54) is 13.2 Å². The van der Waals surface area contributed by atoms with E-state index in [1.807, 2.05) is 50.2 Å². The van der Waals surface area contributed by atoms with Crippen LogP contribution in [0.15, 0.2) is 42.5 Å². The SMILES string of the molecule is COc1cc(O)c(C(=O)N2Cc3cccc(N(C)C(=O)/C=C/CN(C)C)c3C2)cc1C. The van der Waals surface area contributed by atoms with Crippen LogP contribution in [0.4, 0.5) is 5.69 Å². The quantitative estimate of drug-likeness (QED) is 0.724. The van der Waals surface area contributed by atoms with Crippen LogP contribution in [0.25, 0.3) is 0 Å². The molecule has 0 saturated heterocycles. The molecule has 0 aromatic heterocycles. The third kappa shape index (κ3) is 4.72. The van der Waals surface area contributed by atoms with Crippen LogP contribution in [0.2, 0.25) is 0 Å². The van der Waals surface area contributed by atoms with Crippen LogP contribution in [0.5, 0.6) is 11.5 Å². The van der Waals surface area contributed by atoms with Gasteiger partial charge in [0.1, 0.15) is 11.5 Å². The molecule has 2 amide bonds. The highest BCUT2D eigenvalue weighted by Crippen LogP contribution is 2.34. The van der Waals surface area contributed by atoms with Crippen molar-refractivity contribution >= 4 is 17.5 Å². The summed E-state index contributed by atoms with van der Waals surface area (Å²) in [6, 6.07) is 8.85. The fraction of sp³-hybridized carbons (Fsp3) is 0.333. The molecule has 1 N–H and O–H groups in total. The average molecular weight is 424 g/mol. The summed E-state index contributed by atoms with van der Waals surface area (Å²) in [5.41, 5.74) is 3.73. The number of ether oxygens (including phenoxy) is 1. The van der Waals surface area contributed by atoms with Crippen LogP contribution in [0.1, 0.15) is 27.0 Å². The fourth-order valence-corrected chi connectivity index (χ4v) is 3.70. The molecule has 0 atom stereocenters. The number of aryl methyl sites for hydroxylation is 1. The summed E-state index contributed by atoms with van der Waals surface area (Å²) in [5, 5.41) is 10.3. The third-order valence-corrected chi connectivity index (χ3v) is 5.41. The van der Waals surface area contributed by atoms with E-state index in [-0.39, 0.29) is 23.1 Å². The number of likely N-dealkylation sites (N-methyl/N-ethyl adjacent to an activating group) is 2. The number of phenolic OH excluding ortho intramolecular Hbond substituents is 1. The van der Waals surface area contributed by atoms with E-state index in [4.69, 9.17) is 4.74 Å². The normalized spacial score (nSPS) is 13.0. The van der Waals surface area contributed by atoms with E-state index < -0.39 is 0 Å². The molecular formula is C24H29N3O4. The minimum Gasteiger partial charge on any atom is -0.507 e. The number of rotatable bonds is 6. The van der Waals surface area contributed by atoms with E-state index in [1.54, 1.807) is 29.0 Å². The van der Waals surface area contributed by atoms with Gasteiger partial charge in [0.15, 0.2) is 0 Å². The molecule has 164 valence electrons. The topological polar surface area (TPSA) is 73.3 Å². The first-order valence-electron chi connectivity index (χ1n) is 10.1. The predicted molar refractivity (Wildman–Crippen MR) is 121 cm³/mol. The Balaban J connectivity index is 1.82. The number of hydrogen-bond donors (Lipinski definition) is 1. The zero-order valence-electron chi connectivity index (χ0n) is 18.7. The van der Waals surface area contributed by atoms with Gasteiger partial charge in [-0.15, -0.1) is 0 Å². The molecule has 0 bridgehead atoms. The largest absolute Gasteiger partial charge is 0.507 e. The summed E-state index contributed by atoms with van der Waals surface area (Å²) in [6.07, 6.45) is 3.39. The molecule has 2 aromatic rings. The number of anilines is 1. The highest BCUT2D eigenvalue weighted by atomic mass is 16.5. The lowest BCUT2D eigenvalue weighted by molar-refractivity contribution is -0.113. The molecule has 1 aliphatic heterocycles. The standard InChI is InChI=1S/C24H29N3O4/c1-16-12-18(21(28)13-22(16)31-5)24(30)27-14-17-8-6-9-20(19(17)15-27)26(4)23(29)10-7-11-25(2)3/h6-10,12-13,28H,11,14-15H2,1-5H3/b10-7+. The molecule has 0 fully saturated rings. The number of benzene rings is 2. The van der Waals surface area contributed by atoms with Crippen molar-refractivity contribution in [1.82, 2.24) is 9.80 Å². The Bertz CT molecular complexity index is 1030. The Morgan fingerprint density at radius 1 is 1.19 bits per heavy atom. The lowest BCUT2D eigenvalue weighted by atomic mass is 10.1. The van der Waals surface area contributed by atoms with Gasteiger partial charge >= 0.3 is 0 Å². The number of fused-ring (bicyclic) bond motifs is 1. The molecule has 0 radical (unpaired) electrons. The second-order valence-electron chi connectivity index (χ2n) is 7.98. The lowest BCUT2D eigenvalue weighted by Crippen LogP contribution is -2.27. The number of methoxy groups -OCH3 is 1. The van der Waals surface area contributed by atoms with Gasteiger partial charge in [-0.05, 0) is 44.3 Å². The monoisotopic (exact) mass is 423 g/mol. The Morgan fingerprint density at radius 3 is 2.61 bits per heavy atom. The maximum absolute atomic E-state index is 13.1. The van der Waals surface area contributed by atoms with Gasteiger partial charge in [-0.3, -0.25) is 9.59 Å². The van der Waals surface area contributed by atoms with Crippen molar-refractivity contribution in [2.75, 3.05) is 39.7 Å². The molecule has 1 aliphatic rings. The van der Waals surface area contributed by atoms with E-state index in [9.17, 15) is 14.7 Å². The Hall–Kier alpha value is -3.32. The van der Waals surface area contributed by atoms with Crippen LogP contribution >= 0.6 is 0 Å². The number of carbonyl (C=O) groups excluding carboxylic acids is 2. The van der Waals surface area contributed by atoms with E-state index in [2.05, 4.69) is 0 Å². The Labute approximate surface area is 183 Å². The average Bonchev–Trinajstić information content (AvgIpc) is 3.18. The molecule has 2 aromatic carbocycles. The van der Waals surface area contributed by atoms with E-state index >= 15 is 0 Å². The molecule has 0 aliphatic carbocycles. The zero-order chi connectivity index (χ0) is 22.7. The summed E-state index contributed by atoms with van der Waals surface area (Å²) >= 11 is 0. The van der Waals surface area contributed by atoms with Gasteiger partial charge in [0.25, 0.3) is 5.91 Å². The number of nitrogens with zero attached hydrogens (tertiary/aromatic N) is 3. The van der Waals surface area contributed by atoms with Crippen molar-refractivity contribution in [3.8, 4) is 11.5 Å². The fourth-order valence-electron chi connectivity index (χ4n) is 3.70. The van der Waals surface area contributed by atoms with Crippen molar-refractivity contribution in [2.24, 2.45) is 0 Å². The molecule has 0 spiro atoms. The Kier molecular flexibility index (Phi) is 6.65. The number of aromatic hydroxyl groups is 1. The molecule has 7 nitrogen and oxygen atoms in total. The highest BCUT2D eigenvalue weighted by molar-refractivity contribution is 6.02. The highest BCUT2D eigenvalue weighted by Gasteiger charge is 2.29. The van der Waals surface area contributed by atoms with Gasteiger partial charge in [-0.25, -0.2) is 0 Å². The Morgan fingerprint density at radius 2 is 1.94 bits per heavy atom. The number of hydrogen-bond acceptors (Lipinski definition) is 5. The molecule has 0 unspecified atom stereocenters. The van der Waals surface area contributed by atoms with Crippen LogP contribution in [0.3, 0.4) is 0 Å². The smallest absolute Gasteiger partial charge is 0.258 e. The van der Waals surface area contributed by atoms with Crippen LogP contribution in [0, 0.1) is 6.92 Å². The summed E-state index contributed by atoms with van der Waals surface area (Å²) < 4.78 is 5.21. The van der Waals surface area contributed by atoms with Gasteiger partial charge in [0.2, 0.25) is 5.91 Å². The zero-order valence-corrected chi connectivity index (χ0v) is 18.7. The first-order valence-corrected chi connectivity index (χ1v) is 10.1. The summed E-state index contributed by atoms with van der Waals surface area (Å²) in [7, 11) is 7.14. The van der Waals surface area contributed by atoms with Gasteiger partial charge in [0, 0.05) is 50.1 Å². The summed E-state index contributed by atoms with van der Waals surface area (Å²) in [4.78, 5) is 31.0. The van der Waals surface area contributed by atoms with Crippen LogP contribution < -0.4 is 9.64 Å².